The summed E-state index contributed by atoms with van der Waals surface area (Å²) in [4.78, 5) is 0. The fraction of sp³-hybridized carbons (Fsp3) is 1.00. The lowest BCUT2D eigenvalue weighted by molar-refractivity contribution is 2.28. The molecule has 0 nitrogen and oxygen atoms in total. The minimum atomic E-state index is 0.246. The summed E-state index contributed by atoms with van der Waals surface area (Å²) in [6.45, 7) is 0. The zero-order chi connectivity index (χ0) is 3.58. The van der Waals surface area contributed by atoms with Crippen LogP contribution in [-0.2, 0) is 0 Å². The number of hydrogen-bond acceptors (Lipinski definition) is 0. The highest BCUT2D eigenvalue weighted by Gasteiger charge is 1.77. The van der Waals surface area contributed by atoms with Crippen LogP contribution in [0.4, 0.5) is 0 Å². The predicted octanol–water partition coefficient (Wildman–Crippen LogP) is 2.38. The fourth-order valence-electron chi connectivity index (χ4n) is 0. The molecule has 0 rings (SSSR count). The third-order valence-electron chi connectivity index (χ3n) is 0. The lowest BCUT2D eigenvalue weighted by atomic mass is 12.0. The van der Waals surface area contributed by atoms with Gasteiger partial charge in [-0.25, -0.2) is 0 Å². The van der Waals surface area contributed by atoms with Gasteiger partial charge in [0.1, 0.15) is 1.39 Å². The van der Waals surface area contributed by atoms with Crippen LogP contribution in [0.5, 0.6) is 0 Å². The van der Waals surface area contributed by atoms with Crippen molar-refractivity contribution < 1.29 is 0 Å². The van der Waals surface area contributed by atoms with E-state index in [2.05, 4.69) is 45.2 Å². The first kappa shape index (κ1) is 5.75. The van der Waals surface area contributed by atoms with Crippen LogP contribution in [0.25, 0.3) is 0 Å². The highest BCUT2D eigenvalue weighted by Crippen LogP contribution is 2.12. The molecule has 0 aliphatic rings. The quantitative estimate of drug-likeness (QED) is 0.476. The molecule has 0 amide bonds. The van der Waals surface area contributed by atoms with Gasteiger partial charge in [-0.15, -0.1) is 0 Å². The van der Waals surface area contributed by atoms with Crippen molar-refractivity contribution in [1.29, 1.82) is 0 Å². The van der Waals surface area contributed by atoms with E-state index in [0.29, 0.717) is 0 Å². The molecule has 0 aromatic carbocycles. The van der Waals surface area contributed by atoms with E-state index in [1.165, 1.54) is 0 Å². The van der Waals surface area contributed by atoms with Crippen molar-refractivity contribution in [1.82, 2.24) is 0 Å². The molecular formula is CHClI2. The Labute approximate surface area is 57.6 Å². The lowest BCUT2D eigenvalue weighted by Crippen LogP contribution is -1.50. The third kappa shape index (κ3) is 9.26. The molecule has 26 valence electrons. The standard InChI is InChI=1S/CHClI2/c2-1(3)4/h1H. The maximum absolute atomic E-state index is 5.25. The van der Waals surface area contributed by atoms with Crippen LogP contribution in [0.2, 0.25) is 0 Å². The number of halogens is 3. The maximum Gasteiger partial charge on any atom is 0.136 e. The van der Waals surface area contributed by atoms with E-state index in [9.17, 15) is 0 Å². The summed E-state index contributed by atoms with van der Waals surface area (Å²) in [5.41, 5.74) is 0. The Hall–Kier alpha value is 1.75. The molecule has 3 heteroatoms. The van der Waals surface area contributed by atoms with E-state index in [4.69, 9.17) is 11.6 Å². The van der Waals surface area contributed by atoms with E-state index in [1.807, 2.05) is 0 Å². The van der Waals surface area contributed by atoms with E-state index in [-0.39, 0.29) is 1.39 Å². The van der Waals surface area contributed by atoms with E-state index >= 15 is 0 Å². The van der Waals surface area contributed by atoms with Gasteiger partial charge >= 0.3 is 0 Å². The van der Waals surface area contributed by atoms with Gasteiger partial charge in [0, 0.05) is 0 Å². The molecule has 0 spiro atoms. The van der Waals surface area contributed by atoms with Crippen molar-refractivity contribution in [2.45, 2.75) is 1.39 Å². The monoisotopic (exact) mass is 302 g/mol. The average Bonchev–Trinajstić information content (AvgIpc) is 0.811. The van der Waals surface area contributed by atoms with Gasteiger partial charge in [0.2, 0.25) is 0 Å². The first-order valence-corrected chi connectivity index (χ1v) is 3.58. The third-order valence-corrected chi connectivity index (χ3v) is 0. The first-order valence-electron chi connectivity index (χ1n) is 0.655. The smallest absolute Gasteiger partial charge is 0.0997 e. The zero-order valence-electron chi connectivity index (χ0n) is 1.71. The molecule has 0 saturated carbocycles. The summed E-state index contributed by atoms with van der Waals surface area (Å²) < 4.78 is 0.246. The van der Waals surface area contributed by atoms with Crippen LogP contribution in [0.1, 0.15) is 0 Å². The second kappa shape index (κ2) is 2.96. The molecule has 0 fully saturated rings. The summed E-state index contributed by atoms with van der Waals surface area (Å²) in [5, 5.41) is 0. The van der Waals surface area contributed by atoms with Gasteiger partial charge in [-0.3, -0.25) is 0 Å². The van der Waals surface area contributed by atoms with Gasteiger partial charge < -0.3 is 0 Å². The van der Waals surface area contributed by atoms with Crippen molar-refractivity contribution in [3.8, 4) is 0 Å². The number of alkyl halides is 3. The second-order valence-electron chi connectivity index (χ2n) is 0.247. The average molecular weight is 302 g/mol. The predicted molar refractivity (Wildman–Crippen MR) is 37.7 cm³/mol. The zero-order valence-corrected chi connectivity index (χ0v) is 6.78. The summed E-state index contributed by atoms with van der Waals surface area (Å²) in [6.07, 6.45) is 0. The minimum Gasteiger partial charge on any atom is -0.0997 e. The topological polar surface area (TPSA) is 0 Å². The summed E-state index contributed by atoms with van der Waals surface area (Å²) in [6, 6.07) is 0. The van der Waals surface area contributed by atoms with Crippen LogP contribution in [0.15, 0.2) is 0 Å². The lowest BCUT2D eigenvalue weighted by Gasteiger charge is -1.70. The van der Waals surface area contributed by atoms with Gasteiger partial charge in [0.25, 0.3) is 0 Å². The Morgan fingerprint density at radius 2 is 1.50 bits per heavy atom. The van der Waals surface area contributed by atoms with Gasteiger partial charge in [0.15, 0.2) is 0 Å². The molecule has 0 aliphatic carbocycles. The molecule has 0 saturated heterocycles. The Morgan fingerprint density at radius 3 is 1.50 bits per heavy atom. The molecule has 0 aromatic rings. The van der Waals surface area contributed by atoms with Crippen LogP contribution in [0.3, 0.4) is 0 Å². The fourth-order valence-corrected chi connectivity index (χ4v) is 0. The van der Waals surface area contributed by atoms with E-state index in [0.717, 1.165) is 0 Å². The minimum absolute atomic E-state index is 0.246. The first-order chi connectivity index (χ1) is 1.73. The summed E-state index contributed by atoms with van der Waals surface area (Å²) in [7, 11) is 0. The molecule has 0 N–H and O–H groups in total. The molecule has 0 atom stereocenters. The molecule has 4 heavy (non-hydrogen) atoms. The second-order valence-corrected chi connectivity index (χ2v) is 7.03. The molecular weight excluding hydrogens is 301 g/mol. The molecule has 0 aromatic heterocycles. The Kier molecular flexibility index (Phi) is 4.26. The van der Waals surface area contributed by atoms with Gasteiger partial charge in [-0.1, -0.05) is 56.8 Å². The summed E-state index contributed by atoms with van der Waals surface area (Å²) in [5.74, 6) is 0. The Morgan fingerprint density at radius 1 is 1.50 bits per heavy atom. The van der Waals surface area contributed by atoms with Gasteiger partial charge in [-0.05, 0) is 0 Å². The van der Waals surface area contributed by atoms with Gasteiger partial charge in [0.05, 0.1) is 0 Å². The van der Waals surface area contributed by atoms with Gasteiger partial charge in [-0.2, -0.15) is 0 Å². The van der Waals surface area contributed by atoms with Crippen molar-refractivity contribution in [3.63, 3.8) is 0 Å². The number of hydrogen-bond donors (Lipinski definition) is 0. The molecule has 0 radical (unpaired) electrons. The van der Waals surface area contributed by atoms with Crippen molar-refractivity contribution in [2.75, 3.05) is 0 Å². The largest absolute Gasteiger partial charge is 0.136 e. The van der Waals surface area contributed by atoms with Crippen LogP contribution in [-0.4, -0.2) is 1.39 Å². The Balaban J connectivity index is 2.32. The molecule has 0 heterocycles. The van der Waals surface area contributed by atoms with Crippen molar-refractivity contribution >= 4 is 56.8 Å². The van der Waals surface area contributed by atoms with Crippen LogP contribution in [0, 0.1) is 0 Å². The molecule has 0 unspecified atom stereocenters. The van der Waals surface area contributed by atoms with Crippen LogP contribution < -0.4 is 0 Å². The normalized spacial score (nSPS) is 9.00. The van der Waals surface area contributed by atoms with Crippen molar-refractivity contribution in [3.05, 3.63) is 0 Å². The van der Waals surface area contributed by atoms with E-state index in [1.54, 1.807) is 0 Å². The highest BCUT2D eigenvalue weighted by molar-refractivity contribution is 14.2. The SMILES string of the molecule is ClC(I)I. The maximum atomic E-state index is 5.25. The summed E-state index contributed by atoms with van der Waals surface area (Å²) >= 11 is 9.44. The van der Waals surface area contributed by atoms with Crippen LogP contribution >= 0.6 is 56.8 Å². The van der Waals surface area contributed by atoms with Crippen molar-refractivity contribution in [2.24, 2.45) is 0 Å². The Bertz CT molecular complexity index is 10.8. The van der Waals surface area contributed by atoms with E-state index < -0.39 is 0 Å². The highest BCUT2D eigenvalue weighted by atomic mass is 127. The molecule has 0 bridgehead atoms. The number of rotatable bonds is 0. The molecule has 0 aliphatic heterocycles.